The molecule has 0 saturated carbocycles. The standard InChI is InChI=1S/C26H21N3O2S/c1-15-8-11-22-23(12-15)32-26(28-22)27-14-21-19-6-4-5-7-20(19)24(30)29(25(21)31)18-10-9-16(2)17(3)13-18/h4-14,31H,1-3H3/b27-14+. The number of nitrogens with zero attached hydrogens (tertiary/aromatic N) is 3. The maximum Gasteiger partial charge on any atom is 0.265 e. The topological polar surface area (TPSA) is 67.5 Å². The highest BCUT2D eigenvalue weighted by atomic mass is 32.1. The number of pyridine rings is 1. The van der Waals surface area contributed by atoms with Gasteiger partial charge in [-0.3, -0.25) is 4.79 Å². The number of hydrogen-bond donors (Lipinski definition) is 1. The first-order chi connectivity index (χ1) is 15.4. The molecule has 2 heterocycles. The van der Waals surface area contributed by atoms with Crippen LogP contribution in [0.2, 0.25) is 0 Å². The van der Waals surface area contributed by atoms with Crippen molar-refractivity contribution in [2.75, 3.05) is 0 Å². The van der Waals surface area contributed by atoms with Gasteiger partial charge in [0.2, 0.25) is 11.0 Å². The summed E-state index contributed by atoms with van der Waals surface area (Å²) in [6, 6.07) is 19.0. The average Bonchev–Trinajstić information content (AvgIpc) is 3.18. The lowest BCUT2D eigenvalue weighted by atomic mass is 10.1. The average molecular weight is 440 g/mol. The lowest BCUT2D eigenvalue weighted by Gasteiger charge is -2.14. The zero-order chi connectivity index (χ0) is 22.4. The van der Waals surface area contributed by atoms with Gasteiger partial charge in [0.1, 0.15) is 0 Å². The van der Waals surface area contributed by atoms with Crippen LogP contribution in [0.4, 0.5) is 5.13 Å². The van der Waals surface area contributed by atoms with E-state index < -0.39 is 0 Å². The summed E-state index contributed by atoms with van der Waals surface area (Å²) in [4.78, 5) is 22.4. The number of hydrogen-bond acceptors (Lipinski definition) is 5. The van der Waals surface area contributed by atoms with Gasteiger partial charge >= 0.3 is 0 Å². The highest BCUT2D eigenvalue weighted by Crippen LogP contribution is 2.31. The van der Waals surface area contributed by atoms with E-state index in [2.05, 4.69) is 16.0 Å². The molecule has 0 amide bonds. The van der Waals surface area contributed by atoms with Crippen molar-refractivity contribution in [1.82, 2.24) is 9.55 Å². The van der Waals surface area contributed by atoms with Gasteiger partial charge in [-0.2, -0.15) is 0 Å². The van der Waals surface area contributed by atoms with Crippen LogP contribution < -0.4 is 5.56 Å². The fourth-order valence-electron chi connectivity index (χ4n) is 3.79. The number of aromatic nitrogens is 2. The summed E-state index contributed by atoms with van der Waals surface area (Å²) in [5.41, 5.74) is 5.05. The van der Waals surface area contributed by atoms with E-state index in [1.165, 1.54) is 21.5 Å². The van der Waals surface area contributed by atoms with Crippen LogP contribution >= 0.6 is 11.3 Å². The van der Waals surface area contributed by atoms with Crippen LogP contribution in [-0.2, 0) is 0 Å². The zero-order valence-corrected chi connectivity index (χ0v) is 18.8. The maximum atomic E-state index is 13.3. The minimum absolute atomic E-state index is 0.141. The molecule has 0 fully saturated rings. The smallest absolute Gasteiger partial charge is 0.265 e. The molecule has 0 bridgehead atoms. The van der Waals surface area contributed by atoms with Gasteiger partial charge in [0.15, 0.2) is 0 Å². The van der Waals surface area contributed by atoms with Crippen molar-refractivity contribution in [1.29, 1.82) is 0 Å². The maximum absolute atomic E-state index is 13.3. The third kappa shape index (κ3) is 3.39. The monoisotopic (exact) mass is 439 g/mol. The molecule has 5 rings (SSSR count). The number of fused-ring (bicyclic) bond motifs is 2. The van der Waals surface area contributed by atoms with E-state index in [0.717, 1.165) is 21.3 Å². The molecule has 0 unspecified atom stereocenters. The molecular formula is C26H21N3O2S. The Morgan fingerprint density at radius 3 is 2.53 bits per heavy atom. The lowest BCUT2D eigenvalue weighted by Crippen LogP contribution is -2.20. The third-order valence-electron chi connectivity index (χ3n) is 5.69. The minimum Gasteiger partial charge on any atom is -0.494 e. The van der Waals surface area contributed by atoms with E-state index in [1.807, 2.05) is 69.3 Å². The first-order valence-electron chi connectivity index (χ1n) is 10.3. The highest BCUT2D eigenvalue weighted by molar-refractivity contribution is 7.22. The van der Waals surface area contributed by atoms with Crippen molar-refractivity contribution in [3.63, 3.8) is 0 Å². The fourth-order valence-corrected chi connectivity index (χ4v) is 4.70. The molecule has 2 aromatic heterocycles. The van der Waals surface area contributed by atoms with Gasteiger partial charge in [0, 0.05) is 17.0 Å². The molecule has 5 nitrogen and oxygen atoms in total. The Labute approximate surface area is 189 Å². The number of aromatic hydroxyl groups is 1. The molecule has 5 aromatic rings. The largest absolute Gasteiger partial charge is 0.494 e. The first-order valence-corrected chi connectivity index (χ1v) is 11.1. The molecular weight excluding hydrogens is 418 g/mol. The molecule has 1 N–H and O–H groups in total. The molecule has 0 aliphatic heterocycles. The Balaban J connectivity index is 1.71. The van der Waals surface area contributed by atoms with Crippen LogP contribution in [0.25, 0.3) is 26.7 Å². The van der Waals surface area contributed by atoms with Gasteiger partial charge in [0.05, 0.1) is 21.5 Å². The second kappa shape index (κ2) is 7.73. The second-order valence-electron chi connectivity index (χ2n) is 7.92. The van der Waals surface area contributed by atoms with E-state index in [9.17, 15) is 9.90 Å². The van der Waals surface area contributed by atoms with Crippen LogP contribution in [-0.4, -0.2) is 20.9 Å². The predicted octanol–water partition coefficient (Wildman–Crippen LogP) is 5.98. The van der Waals surface area contributed by atoms with Gasteiger partial charge in [-0.05, 0) is 67.8 Å². The molecule has 6 heteroatoms. The van der Waals surface area contributed by atoms with Crippen molar-refractivity contribution in [2.24, 2.45) is 4.99 Å². The Morgan fingerprint density at radius 1 is 0.969 bits per heavy atom. The summed E-state index contributed by atoms with van der Waals surface area (Å²) in [7, 11) is 0. The van der Waals surface area contributed by atoms with Crippen LogP contribution in [0, 0.1) is 20.8 Å². The summed E-state index contributed by atoms with van der Waals surface area (Å²) in [6.45, 7) is 6.04. The van der Waals surface area contributed by atoms with Gasteiger partial charge in [-0.1, -0.05) is 41.7 Å². The number of rotatable bonds is 3. The normalized spacial score (nSPS) is 11.7. The van der Waals surface area contributed by atoms with Crippen molar-refractivity contribution in [3.8, 4) is 11.6 Å². The highest BCUT2D eigenvalue weighted by Gasteiger charge is 2.17. The number of aryl methyl sites for hydroxylation is 3. The Kier molecular flexibility index (Phi) is 4.87. The number of thiazole rings is 1. The number of aliphatic imine (C=N–C) groups is 1. The number of benzene rings is 3. The van der Waals surface area contributed by atoms with Gasteiger partial charge in [-0.25, -0.2) is 14.5 Å². The van der Waals surface area contributed by atoms with E-state index >= 15 is 0 Å². The molecule has 3 aromatic carbocycles. The quantitative estimate of drug-likeness (QED) is 0.352. The Morgan fingerprint density at radius 2 is 1.75 bits per heavy atom. The SMILES string of the molecule is Cc1ccc2nc(/N=C/c3c(O)n(-c4ccc(C)c(C)c4)c(=O)c4ccccc34)sc2c1. The zero-order valence-electron chi connectivity index (χ0n) is 18.0. The van der Waals surface area contributed by atoms with Crippen LogP contribution in [0.1, 0.15) is 22.3 Å². The van der Waals surface area contributed by atoms with Crippen LogP contribution in [0.3, 0.4) is 0 Å². The van der Waals surface area contributed by atoms with Crippen LogP contribution in [0.5, 0.6) is 5.88 Å². The first kappa shape index (κ1) is 20.2. The summed E-state index contributed by atoms with van der Waals surface area (Å²) in [5.74, 6) is -0.141. The Bertz CT molecular complexity index is 1590. The summed E-state index contributed by atoms with van der Waals surface area (Å²) in [6.07, 6.45) is 1.60. The summed E-state index contributed by atoms with van der Waals surface area (Å²) < 4.78 is 2.41. The van der Waals surface area contributed by atoms with Crippen LogP contribution in [0.15, 0.2) is 70.5 Å². The fraction of sp³-hybridized carbons (Fsp3) is 0.115. The molecule has 0 saturated heterocycles. The second-order valence-corrected chi connectivity index (χ2v) is 8.93. The lowest BCUT2D eigenvalue weighted by molar-refractivity contribution is 0.436. The molecule has 32 heavy (non-hydrogen) atoms. The molecule has 0 radical (unpaired) electrons. The van der Waals surface area contributed by atoms with Gasteiger partial charge in [-0.15, -0.1) is 0 Å². The van der Waals surface area contributed by atoms with Crippen molar-refractivity contribution >= 4 is 43.7 Å². The van der Waals surface area contributed by atoms with Crippen molar-refractivity contribution in [3.05, 3.63) is 93.3 Å². The molecule has 0 aliphatic rings. The summed E-state index contributed by atoms with van der Waals surface area (Å²) >= 11 is 1.49. The molecule has 0 aliphatic carbocycles. The predicted molar refractivity (Wildman–Crippen MR) is 132 cm³/mol. The van der Waals surface area contributed by atoms with E-state index in [1.54, 1.807) is 12.3 Å². The van der Waals surface area contributed by atoms with Gasteiger partial charge < -0.3 is 5.11 Å². The molecule has 0 spiro atoms. The Hall–Kier alpha value is -3.77. The molecule has 0 atom stereocenters. The van der Waals surface area contributed by atoms with E-state index in [0.29, 0.717) is 27.2 Å². The third-order valence-corrected chi connectivity index (χ3v) is 6.62. The molecule has 158 valence electrons. The van der Waals surface area contributed by atoms with Crippen molar-refractivity contribution in [2.45, 2.75) is 20.8 Å². The van der Waals surface area contributed by atoms with E-state index in [4.69, 9.17) is 0 Å². The van der Waals surface area contributed by atoms with Gasteiger partial charge in [0.25, 0.3) is 5.56 Å². The summed E-state index contributed by atoms with van der Waals surface area (Å²) in [5, 5.41) is 13.0. The van der Waals surface area contributed by atoms with E-state index in [-0.39, 0.29) is 11.4 Å². The van der Waals surface area contributed by atoms with Crippen molar-refractivity contribution < 1.29 is 5.11 Å². The minimum atomic E-state index is -0.269.